The van der Waals surface area contributed by atoms with E-state index >= 15 is 0 Å². The lowest BCUT2D eigenvalue weighted by Crippen LogP contribution is -2.25. The predicted octanol–water partition coefficient (Wildman–Crippen LogP) is 3.08. The minimum atomic E-state index is -0.206. The third kappa shape index (κ3) is 3.98. The minimum absolute atomic E-state index is 0.206. The summed E-state index contributed by atoms with van der Waals surface area (Å²) in [4.78, 5) is 2.58. The Balaban J connectivity index is 2.04. The fourth-order valence-electron chi connectivity index (χ4n) is 2.55. The molecule has 1 heterocycles. The van der Waals surface area contributed by atoms with E-state index < -0.39 is 0 Å². The maximum Gasteiger partial charge on any atom is 0.128 e. The standard InChI is InChI=1S/C15H21FN2S/c1-11-3-2-7-18(8-6-11)10-13-5-4-12(15(17)19)9-14(13)16/h4-5,9,11H,2-3,6-8,10H2,1H3,(H2,17,19). The van der Waals surface area contributed by atoms with Crippen LogP contribution in [0.5, 0.6) is 0 Å². The van der Waals surface area contributed by atoms with Crippen LogP contribution in [0.3, 0.4) is 0 Å². The van der Waals surface area contributed by atoms with Crippen LogP contribution in [0.2, 0.25) is 0 Å². The van der Waals surface area contributed by atoms with Crippen molar-refractivity contribution in [2.75, 3.05) is 13.1 Å². The van der Waals surface area contributed by atoms with E-state index in [2.05, 4.69) is 11.8 Å². The van der Waals surface area contributed by atoms with Crippen LogP contribution in [0, 0.1) is 11.7 Å². The number of hydrogen-bond acceptors (Lipinski definition) is 2. The molecule has 2 N–H and O–H groups in total. The Morgan fingerprint density at radius 3 is 2.89 bits per heavy atom. The average molecular weight is 280 g/mol. The molecule has 1 aromatic carbocycles. The number of benzene rings is 1. The molecule has 0 saturated carbocycles. The molecule has 0 aliphatic carbocycles. The van der Waals surface area contributed by atoms with Gasteiger partial charge in [0, 0.05) is 17.7 Å². The first-order valence-corrected chi connectivity index (χ1v) is 7.27. The van der Waals surface area contributed by atoms with Gasteiger partial charge in [0.15, 0.2) is 0 Å². The van der Waals surface area contributed by atoms with Crippen LogP contribution in [-0.2, 0) is 6.54 Å². The summed E-state index contributed by atoms with van der Waals surface area (Å²) in [5, 5.41) is 0. The summed E-state index contributed by atoms with van der Waals surface area (Å²) >= 11 is 4.86. The summed E-state index contributed by atoms with van der Waals surface area (Å²) in [7, 11) is 0. The number of hydrogen-bond donors (Lipinski definition) is 1. The first kappa shape index (κ1) is 14.4. The molecule has 1 unspecified atom stereocenters. The molecule has 1 saturated heterocycles. The van der Waals surface area contributed by atoms with Crippen molar-refractivity contribution in [3.63, 3.8) is 0 Å². The van der Waals surface area contributed by atoms with Gasteiger partial charge in [-0.3, -0.25) is 4.90 Å². The third-order valence-electron chi connectivity index (χ3n) is 3.84. The van der Waals surface area contributed by atoms with Gasteiger partial charge in [-0.1, -0.05) is 31.3 Å². The highest BCUT2D eigenvalue weighted by Crippen LogP contribution is 2.19. The molecular weight excluding hydrogens is 259 g/mol. The number of likely N-dealkylation sites (tertiary alicyclic amines) is 1. The highest BCUT2D eigenvalue weighted by Gasteiger charge is 2.15. The molecule has 4 heteroatoms. The van der Waals surface area contributed by atoms with Gasteiger partial charge < -0.3 is 5.73 Å². The van der Waals surface area contributed by atoms with Crippen LogP contribution in [-0.4, -0.2) is 23.0 Å². The van der Waals surface area contributed by atoms with Gasteiger partial charge in [-0.05, 0) is 44.3 Å². The van der Waals surface area contributed by atoms with Gasteiger partial charge in [-0.25, -0.2) is 4.39 Å². The molecule has 1 aliphatic heterocycles. The molecule has 0 amide bonds. The number of thiocarbonyl (C=S) groups is 1. The molecule has 1 aliphatic rings. The Bertz CT molecular complexity index is 461. The van der Waals surface area contributed by atoms with Gasteiger partial charge in [0.25, 0.3) is 0 Å². The fourth-order valence-corrected chi connectivity index (χ4v) is 2.68. The van der Waals surface area contributed by atoms with Crippen molar-refractivity contribution in [1.82, 2.24) is 4.90 Å². The molecule has 19 heavy (non-hydrogen) atoms. The van der Waals surface area contributed by atoms with E-state index in [0.29, 0.717) is 12.1 Å². The molecule has 104 valence electrons. The van der Waals surface area contributed by atoms with Crippen LogP contribution in [0.1, 0.15) is 37.3 Å². The van der Waals surface area contributed by atoms with Crippen LogP contribution >= 0.6 is 12.2 Å². The van der Waals surface area contributed by atoms with Crippen LogP contribution in [0.25, 0.3) is 0 Å². The van der Waals surface area contributed by atoms with Crippen LogP contribution < -0.4 is 5.73 Å². The quantitative estimate of drug-likeness (QED) is 0.863. The highest BCUT2D eigenvalue weighted by molar-refractivity contribution is 7.80. The molecule has 1 atom stereocenters. The first-order valence-electron chi connectivity index (χ1n) is 6.87. The average Bonchev–Trinajstić information content (AvgIpc) is 2.57. The van der Waals surface area contributed by atoms with Crippen molar-refractivity contribution in [2.24, 2.45) is 11.7 Å². The molecule has 1 fully saturated rings. The van der Waals surface area contributed by atoms with Crippen molar-refractivity contribution in [3.8, 4) is 0 Å². The van der Waals surface area contributed by atoms with Crippen molar-refractivity contribution < 1.29 is 4.39 Å². The molecule has 0 bridgehead atoms. The maximum atomic E-state index is 14.0. The Labute approximate surface area is 119 Å². The summed E-state index contributed by atoms with van der Waals surface area (Å²) in [5.41, 5.74) is 6.84. The van der Waals surface area contributed by atoms with E-state index in [1.807, 2.05) is 0 Å². The Morgan fingerprint density at radius 2 is 2.21 bits per heavy atom. The van der Waals surface area contributed by atoms with Gasteiger partial charge >= 0.3 is 0 Å². The molecule has 0 aromatic heterocycles. The van der Waals surface area contributed by atoms with E-state index in [1.165, 1.54) is 25.3 Å². The normalized spacial score (nSPS) is 21.1. The molecule has 2 nitrogen and oxygen atoms in total. The molecule has 2 rings (SSSR count). The largest absolute Gasteiger partial charge is 0.389 e. The van der Waals surface area contributed by atoms with Gasteiger partial charge in [0.1, 0.15) is 10.8 Å². The monoisotopic (exact) mass is 280 g/mol. The second-order valence-electron chi connectivity index (χ2n) is 5.48. The van der Waals surface area contributed by atoms with Crippen LogP contribution in [0.15, 0.2) is 18.2 Å². The second-order valence-corrected chi connectivity index (χ2v) is 5.92. The van der Waals surface area contributed by atoms with E-state index in [-0.39, 0.29) is 10.8 Å². The zero-order valence-electron chi connectivity index (χ0n) is 11.4. The summed E-state index contributed by atoms with van der Waals surface area (Å²) in [5.74, 6) is 0.578. The Kier molecular flexibility index (Phi) is 4.88. The predicted molar refractivity (Wildman–Crippen MR) is 80.6 cm³/mol. The van der Waals surface area contributed by atoms with Crippen molar-refractivity contribution in [1.29, 1.82) is 0 Å². The molecule has 1 aromatic rings. The first-order chi connectivity index (χ1) is 9.06. The van der Waals surface area contributed by atoms with E-state index in [9.17, 15) is 4.39 Å². The highest BCUT2D eigenvalue weighted by atomic mass is 32.1. The van der Waals surface area contributed by atoms with Gasteiger partial charge in [0.2, 0.25) is 0 Å². The SMILES string of the molecule is CC1CCCN(Cc2ccc(C(N)=S)cc2F)CC1. The molecular formula is C15H21FN2S. The smallest absolute Gasteiger partial charge is 0.128 e. The zero-order chi connectivity index (χ0) is 13.8. The van der Waals surface area contributed by atoms with Crippen molar-refractivity contribution in [2.45, 2.75) is 32.7 Å². The number of nitrogens with zero attached hydrogens (tertiary/aromatic N) is 1. The Morgan fingerprint density at radius 1 is 1.42 bits per heavy atom. The molecule has 0 radical (unpaired) electrons. The lowest BCUT2D eigenvalue weighted by Gasteiger charge is -2.20. The number of halogens is 1. The summed E-state index contributed by atoms with van der Waals surface area (Å²) in [6.07, 6.45) is 3.68. The lowest BCUT2D eigenvalue weighted by molar-refractivity contribution is 0.270. The van der Waals surface area contributed by atoms with E-state index in [0.717, 1.165) is 24.6 Å². The second kappa shape index (κ2) is 6.44. The minimum Gasteiger partial charge on any atom is -0.389 e. The maximum absolute atomic E-state index is 14.0. The van der Waals surface area contributed by atoms with Gasteiger partial charge in [-0.15, -0.1) is 0 Å². The molecule has 0 spiro atoms. The van der Waals surface area contributed by atoms with Crippen molar-refractivity contribution in [3.05, 3.63) is 35.1 Å². The van der Waals surface area contributed by atoms with Crippen LogP contribution in [0.4, 0.5) is 4.39 Å². The number of nitrogens with two attached hydrogens (primary N) is 1. The zero-order valence-corrected chi connectivity index (χ0v) is 12.2. The van der Waals surface area contributed by atoms with E-state index in [4.69, 9.17) is 18.0 Å². The van der Waals surface area contributed by atoms with Gasteiger partial charge in [-0.2, -0.15) is 0 Å². The third-order valence-corrected chi connectivity index (χ3v) is 4.08. The lowest BCUT2D eigenvalue weighted by atomic mass is 10.0. The van der Waals surface area contributed by atoms with Gasteiger partial charge in [0.05, 0.1) is 0 Å². The summed E-state index contributed by atoms with van der Waals surface area (Å²) < 4.78 is 14.0. The fraction of sp³-hybridized carbons (Fsp3) is 0.533. The Hall–Kier alpha value is -1.00. The summed E-state index contributed by atoms with van der Waals surface area (Å²) in [6, 6.07) is 5.05. The van der Waals surface area contributed by atoms with E-state index in [1.54, 1.807) is 12.1 Å². The number of rotatable bonds is 3. The van der Waals surface area contributed by atoms with Crippen molar-refractivity contribution >= 4 is 17.2 Å². The topological polar surface area (TPSA) is 29.3 Å². The summed E-state index contributed by atoms with van der Waals surface area (Å²) in [6.45, 7) is 5.08.